The predicted octanol–water partition coefficient (Wildman–Crippen LogP) is 2.37. The van der Waals surface area contributed by atoms with E-state index in [-0.39, 0.29) is 11.7 Å². The van der Waals surface area contributed by atoms with Crippen LogP contribution >= 0.6 is 0 Å². The maximum atomic E-state index is 12.4. The van der Waals surface area contributed by atoms with Crippen LogP contribution in [0, 0.1) is 11.8 Å². The van der Waals surface area contributed by atoms with E-state index in [9.17, 15) is 4.79 Å². The molecule has 1 N–H and O–H groups in total. The fourth-order valence-electron chi connectivity index (χ4n) is 1.90. The lowest BCUT2D eigenvalue weighted by atomic mass is 9.87. The lowest BCUT2D eigenvalue weighted by Crippen LogP contribution is -2.30. The largest absolute Gasteiger partial charge is 0.496 e. The van der Waals surface area contributed by atoms with E-state index in [4.69, 9.17) is 4.74 Å². The van der Waals surface area contributed by atoms with E-state index in [0.717, 1.165) is 0 Å². The number of carbonyl (C=O) groups is 1. The van der Waals surface area contributed by atoms with Crippen molar-refractivity contribution in [2.75, 3.05) is 20.7 Å². The highest BCUT2D eigenvalue weighted by Crippen LogP contribution is 2.24. The Hall–Kier alpha value is -1.35. The minimum atomic E-state index is -0.0173. The predicted molar refractivity (Wildman–Crippen MR) is 69.6 cm³/mol. The molecule has 0 amide bonds. The summed E-state index contributed by atoms with van der Waals surface area (Å²) >= 11 is 0. The molecule has 1 atom stereocenters. The third kappa shape index (κ3) is 3.30. The zero-order chi connectivity index (χ0) is 12.8. The molecule has 0 saturated carbocycles. The summed E-state index contributed by atoms with van der Waals surface area (Å²) in [6.07, 6.45) is 0. The van der Waals surface area contributed by atoms with Crippen molar-refractivity contribution in [3.63, 3.8) is 0 Å². The van der Waals surface area contributed by atoms with Crippen LogP contribution in [-0.2, 0) is 0 Å². The minimum absolute atomic E-state index is 0.0173. The van der Waals surface area contributed by atoms with Crippen LogP contribution in [0.25, 0.3) is 0 Å². The first kappa shape index (κ1) is 13.7. The molecule has 1 rings (SSSR count). The smallest absolute Gasteiger partial charge is 0.171 e. The highest BCUT2D eigenvalue weighted by Gasteiger charge is 2.24. The van der Waals surface area contributed by atoms with Crippen molar-refractivity contribution in [3.8, 4) is 5.75 Å². The van der Waals surface area contributed by atoms with Crippen molar-refractivity contribution in [3.05, 3.63) is 29.8 Å². The molecule has 1 aromatic carbocycles. The van der Waals surface area contributed by atoms with Gasteiger partial charge in [0, 0.05) is 12.5 Å². The average Bonchev–Trinajstić information content (AvgIpc) is 2.34. The number of benzene rings is 1. The van der Waals surface area contributed by atoms with Crippen LogP contribution in [0.2, 0.25) is 0 Å². The SMILES string of the molecule is CNCC(C(=O)c1ccccc1OC)C(C)C. The molecule has 0 aliphatic heterocycles. The first-order valence-corrected chi connectivity index (χ1v) is 5.93. The van der Waals surface area contributed by atoms with Gasteiger partial charge < -0.3 is 10.1 Å². The van der Waals surface area contributed by atoms with Crippen LogP contribution in [-0.4, -0.2) is 26.5 Å². The van der Waals surface area contributed by atoms with Crippen molar-refractivity contribution < 1.29 is 9.53 Å². The van der Waals surface area contributed by atoms with Crippen LogP contribution in [0.4, 0.5) is 0 Å². The van der Waals surface area contributed by atoms with Gasteiger partial charge in [0.15, 0.2) is 5.78 Å². The van der Waals surface area contributed by atoms with Crippen LogP contribution in [0.15, 0.2) is 24.3 Å². The zero-order valence-corrected chi connectivity index (χ0v) is 11.0. The summed E-state index contributed by atoms with van der Waals surface area (Å²) in [6.45, 7) is 4.82. The second-order valence-electron chi connectivity index (χ2n) is 4.47. The lowest BCUT2D eigenvalue weighted by molar-refractivity contribution is 0.0883. The Bertz CT molecular complexity index is 374. The number of ketones is 1. The van der Waals surface area contributed by atoms with Gasteiger partial charge in [0.2, 0.25) is 0 Å². The average molecular weight is 235 g/mol. The van der Waals surface area contributed by atoms with E-state index in [1.54, 1.807) is 7.11 Å². The summed E-state index contributed by atoms with van der Waals surface area (Å²) in [7, 11) is 3.46. The summed E-state index contributed by atoms with van der Waals surface area (Å²) in [5.74, 6) is 1.09. The molecule has 3 heteroatoms. The first-order valence-electron chi connectivity index (χ1n) is 5.93. The third-order valence-corrected chi connectivity index (χ3v) is 2.94. The van der Waals surface area contributed by atoms with Crippen LogP contribution < -0.4 is 10.1 Å². The van der Waals surface area contributed by atoms with Crippen molar-refractivity contribution >= 4 is 5.78 Å². The summed E-state index contributed by atoms with van der Waals surface area (Å²) in [4.78, 5) is 12.4. The Morgan fingerprint density at radius 1 is 1.35 bits per heavy atom. The van der Waals surface area contributed by atoms with Gasteiger partial charge in [-0.2, -0.15) is 0 Å². The van der Waals surface area contributed by atoms with E-state index in [1.165, 1.54) is 0 Å². The number of Topliss-reactive ketones (excluding diaryl/α,β-unsaturated/α-hetero) is 1. The summed E-state index contributed by atoms with van der Waals surface area (Å²) in [5, 5.41) is 3.08. The maximum absolute atomic E-state index is 12.4. The number of rotatable bonds is 6. The monoisotopic (exact) mass is 235 g/mol. The molecule has 1 aromatic rings. The van der Waals surface area contributed by atoms with Gasteiger partial charge in [-0.1, -0.05) is 26.0 Å². The van der Waals surface area contributed by atoms with Gasteiger partial charge in [0.05, 0.1) is 12.7 Å². The number of hydrogen-bond donors (Lipinski definition) is 1. The molecule has 0 saturated heterocycles. The number of ether oxygens (including phenoxy) is 1. The molecule has 0 fully saturated rings. The molecule has 17 heavy (non-hydrogen) atoms. The molecule has 0 aromatic heterocycles. The molecular formula is C14H21NO2. The highest BCUT2D eigenvalue weighted by molar-refractivity contribution is 6.00. The third-order valence-electron chi connectivity index (χ3n) is 2.94. The van der Waals surface area contributed by atoms with Gasteiger partial charge >= 0.3 is 0 Å². The second-order valence-corrected chi connectivity index (χ2v) is 4.47. The number of methoxy groups -OCH3 is 1. The Morgan fingerprint density at radius 2 is 2.00 bits per heavy atom. The van der Waals surface area contributed by atoms with E-state index in [1.807, 2.05) is 31.3 Å². The van der Waals surface area contributed by atoms with E-state index in [2.05, 4.69) is 19.2 Å². The Labute approximate surface area is 103 Å². The molecule has 0 aliphatic rings. The number of carbonyl (C=O) groups excluding carboxylic acids is 1. The molecule has 0 heterocycles. The number of hydrogen-bond acceptors (Lipinski definition) is 3. The lowest BCUT2D eigenvalue weighted by Gasteiger charge is -2.20. The summed E-state index contributed by atoms with van der Waals surface area (Å²) in [6, 6.07) is 7.39. The summed E-state index contributed by atoms with van der Waals surface area (Å²) < 4.78 is 5.23. The second kappa shape index (κ2) is 6.40. The Balaban J connectivity index is 3.00. The molecule has 0 radical (unpaired) electrons. The van der Waals surface area contributed by atoms with Crippen molar-refractivity contribution in [1.29, 1.82) is 0 Å². The highest BCUT2D eigenvalue weighted by atomic mass is 16.5. The molecule has 0 bridgehead atoms. The number of para-hydroxylation sites is 1. The molecule has 0 aliphatic carbocycles. The quantitative estimate of drug-likeness (QED) is 0.769. The Kier molecular flexibility index (Phi) is 5.16. The molecule has 0 spiro atoms. The van der Waals surface area contributed by atoms with E-state index < -0.39 is 0 Å². The van der Waals surface area contributed by atoms with E-state index >= 15 is 0 Å². The number of nitrogens with one attached hydrogen (secondary N) is 1. The van der Waals surface area contributed by atoms with Crippen molar-refractivity contribution in [1.82, 2.24) is 5.32 Å². The topological polar surface area (TPSA) is 38.3 Å². The zero-order valence-electron chi connectivity index (χ0n) is 11.0. The van der Waals surface area contributed by atoms with Gasteiger partial charge in [-0.15, -0.1) is 0 Å². The van der Waals surface area contributed by atoms with Crippen LogP contribution in [0.1, 0.15) is 24.2 Å². The van der Waals surface area contributed by atoms with Gasteiger partial charge in [0.25, 0.3) is 0 Å². The molecular weight excluding hydrogens is 214 g/mol. The first-order chi connectivity index (χ1) is 8.11. The van der Waals surface area contributed by atoms with Gasteiger partial charge in [-0.3, -0.25) is 4.79 Å². The normalized spacial score (nSPS) is 12.5. The van der Waals surface area contributed by atoms with Gasteiger partial charge in [0.1, 0.15) is 5.75 Å². The fourth-order valence-corrected chi connectivity index (χ4v) is 1.90. The van der Waals surface area contributed by atoms with Gasteiger partial charge in [-0.05, 0) is 25.1 Å². The van der Waals surface area contributed by atoms with Crippen molar-refractivity contribution in [2.45, 2.75) is 13.8 Å². The van der Waals surface area contributed by atoms with Crippen LogP contribution in [0.5, 0.6) is 5.75 Å². The maximum Gasteiger partial charge on any atom is 0.171 e. The Morgan fingerprint density at radius 3 is 2.53 bits per heavy atom. The van der Waals surface area contributed by atoms with E-state index in [0.29, 0.717) is 23.8 Å². The standard InChI is InChI=1S/C14H21NO2/c1-10(2)12(9-15-3)14(16)11-7-5-6-8-13(11)17-4/h5-8,10,12,15H,9H2,1-4H3. The van der Waals surface area contributed by atoms with Crippen molar-refractivity contribution in [2.24, 2.45) is 11.8 Å². The minimum Gasteiger partial charge on any atom is -0.496 e. The summed E-state index contributed by atoms with van der Waals surface area (Å²) in [5.41, 5.74) is 0.670. The fraction of sp³-hybridized carbons (Fsp3) is 0.500. The molecule has 94 valence electrons. The van der Waals surface area contributed by atoms with Gasteiger partial charge in [-0.25, -0.2) is 0 Å². The molecule has 1 unspecified atom stereocenters. The molecule has 3 nitrogen and oxygen atoms in total. The van der Waals surface area contributed by atoms with Crippen LogP contribution in [0.3, 0.4) is 0 Å².